The second kappa shape index (κ2) is 19.9. The van der Waals surface area contributed by atoms with E-state index in [-0.39, 0.29) is 17.8 Å². The van der Waals surface area contributed by atoms with E-state index in [2.05, 4.69) is 71.0 Å². The molecule has 1 heterocycles. The van der Waals surface area contributed by atoms with Gasteiger partial charge < -0.3 is 4.90 Å². The Morgan fingerprint density at radius 2 is 1.86 bits per heavy atom. The maximum atomic E-state index is 13.8. The molecule has 0 radical (unpaired) electrons. The van der Waals surface area contributed by atoms with Gasteiger partial charge in [-0.3, -0.25) is 9.13 Å². The number of alkyl halides is 2. The minimum atomic E-state index is -0.866. The normalized spacial score (nSPS) is 16.2. The number of rotatable bonds is 21. The van der Waals surface area contributed by atoms with E-state index < -0.39 is 6.17 Å². The highest BCUT2D eigenvalue weighted by atomic mass is 19.1. The van der Waals surface area contributed by atoms with Gasteiger partial charge in [0, 0.05) is 31.2 Å². The van der Waals surface area contributed by atoms with Crippen molar-refractivity contribution in [2.45, 2.75) is 130 Å². The van der Waals surface area contributed by atoms with Crippen LogP contribution < -0.4 is 5.69 Å². The van der Waals surface area contributed by atoms with Crippen LogP contribution >= 0.6 is 0 Å². The van der Waals surface area contributed by atoms with Gasteiger partial charge in [0.15, 0.2) is 0 Å². The van der Waals surface area contributed by atoms with Crippen LogP contribution in [0.15, 0.2) is 52.4 Å². The van der Waals surface area contributed by atoms with Crippen molar-refractivity contribution < 1.29 is 8.78 Å². The largest absolute Gasteiger partial charge is 0.328 e. The average Bonchev–Trinajstić information content (AvgIpc) is 3.18. The van der Waals surface area contributed by atoms with Gasteiger partial charge in [0.1, 0.15) is 12.8 Å². The lowest BCUT2D eigenvalue weighted by Gasteiger charge is -2.34. The predicted octanol–water partition coefficient (Wildman–Crippen LogP) is 9.40. The molecule has 1 aromatic rings. The van der Waals surface area contributed by atoms with Gasteiger partial charge in [0.25, 0.3) is 0 Å². The van der Waals surface area contributed by atoms with Crippen LogP contribution in [0.5, 0.6) is 0 Å². The fourth-order valence-corrected chi connectivity index (χ4v) is 5.81. The first-order valence-corrected chi connectivity index (χ1v) is 16.3. The van der Waals surface area contributed by atoms with E-state index in [0.29, 0.717) is 25.4 Å². The minimum absolute atomic E-state index is 0.0313. The van der Waals surface area contributed by atoms with Gasteiger partial charge in [-0.05, 0) is 97.2 Å². The van der Waals surface area contributed by atoms with Crippen LogP contribution in [0.3, 0.4) is 0 Å². The van der Waals surface area contributed by atoms with Crippen molar-refractivity contribution in [2.75, 3.05) is 20.8 Å². The average molecular weight is 590 g/mol. The second-order valence-electron chi connectivity index (χ2n) is 12.4. The SMILES string of the molecule is CC=CC(CCC/C=C(\CC)CF)CC(C)(CC)c1c(CN(C)C)n(C)c(=O)n1CC/C(C=CCC(C)F)=C/CCC. The summed E-state index contributed by atoms with van der Waals surface area (Å²) in [5.41, 5.74) is 4.09. The summed E-state index contributed by atoms with van der Waals surface area (Å²) in [6, 6.07) is 0. The van der Waals surface area contributed by atoms with Crippen LogP contribution in [0, 0.1) is 5.92 Å². The molecule has 1 aromatic heterocycles. The van der Waals surface area contributed by atoms with Crippen molar-refractivity contribution >= 4 is 0 Å². The maximum absolute atomic E-state index is 13.8. The summed E-state index contributed by atoms with van der Waals surface area (Å²) in [4.78, 5) is 15.9. The topological polar surface area (TPSA) is 30.2 Å². The van der Waals surface area contributed by atoms with Crippen molar-refractivity contribution in [2.24, 2.45) is 13.0 Å². The first kappa shape index (κ1) is 37.8. The number of nitrogens with zero attached hydrogens (tertiary/aromatic N) is 3. The third kappa shape index (κ3) is 12.2. The van der Waals surface area contributed by atoms with Gasteiger partial charge in [0.05, 0.1) is 5.69 Å². The van der Waals surface area contributed by atoms with Crippen LogP contribution in [0.4, 0.5) is 8.78 Å². The summed E-state index contributed by atoms with van der Waals surface area (Å²) in [6.07, 6.45) is 20.6. The lowest BCUT2D eigenvalue weighted by molar-refractivity contribution is 0.317. The highest BCUT2D eigenvalue weighted by Gasteiger charge is 2.35. The zero-order chi connectivity index (χ0) is 31.7. The molecule has 0 aliphatic carbocycles. The molecule has 0 bridgehead atoms. The van der Waals surface area contributed by atoms with Crippen LogP contribution in [-0.2, 0) is 25.6 Å². The van der Waals surface area contributed by atoms with E-state index in [0.717, 1.165) is 80.3 Å². The molecule has 1 rings (SSSR count). The van der Waals surface area contributed by atoms with E-state index in [1.54, 1.807) is 6.92 Å². The summed E-state index contributed by atoms with van der Waals surface area (Å²) in [6.45, 7) is 13.3. The summed E-state index contributed by atoms with van der Waals surface area (Å²) in [7, 11) is 6.00. The Labute approximate surface area is 256 Å². The zero-order valence-corrected chi connectivity index (χ0v) is 28.3. The Morgan fingerprint density at radius 1 is 1.14 bits per heavy atom. The van der Waals surface area contributed by atoms with Crippen molar-refractivity contribution in [1.29, 1.82) is 0 Å². The lowest BCUT2D eigenvalue weighted by Crippen LogP contribution is -2.32. The molecule has 4 nitrogen and oxygen atoms in total. The molecule has 3 unspecified atom stereocenters. The van der Waals surface area contributed by atoms with Crippen molar-refractivity contribution in [3.05, 3.63) is 69.5 Å². The fourth-order valence-electron chi connectivity index (χ4n) is 5.81. The quantitative estimate of drug-likeness (QED) is 0.0812. The van der Waals surface area contributed by atoms with Crippen LogP contribution in [-0.4, -0.2) is 41.0 Å². The zero-order valence-electron chi connectivity index (χ0n) is 28.3. The molecule has 0 saturated heterocycles. The van der Waals surface area contributed by atoms with Gasteiger partial charge >= 0.3 is 5.69 Å². The third-order valence-electron chi connectivity index (χ3n) is 8.41. The van der Waals surface area contributed by atoms with Crippen molar-refractivity contribution in [1.82, 2.24) is 14.0 Å². The monoisotopic (exact) mass is 589 g/mol. The van der Waals surface area contributed by atoms with E-state index in [4.69, 9.17) is 0 Å². The molecule has 0 spiro atoms. The predicted molar refractivity (Wildman–Crippen MR) is 178 cm³/mol. The highest BCUT2D eigenvalue weighted by Crippen LogP contribution is 2.38. The molecule has 0 aromatic carbocycles. The molecule has 0 fully saturated rings. The molecular formula is C36H61F2N3O. The van der Waals surface area contributed by atoms with Gasteiger partial charge in [-0.15, -0.1) is 0 Å². The van der Waals surface area contributed by atoms with E-state index in [9.17, 15) is 13.6 Å². The van der Waals surface area contributed by atoms with Crippen molar-refractivity contribution in [3.8, 4) is 0 Å². The van der Waals surface area contributed by atoms with Crippen LogP contribution in [0.25, 0.3) is 0 Å². The second-order valence-corrected chi connectivity index (χ2v) is 12.4. The van der Waals surface area contributed by atoms with Gasteiger partial charge in [-0.2, -0.15) is 0 Å². The first-order chi connectivity index (χ1) is 20.0. The minimum Gasteiger partial charge on any atom is -0.304 e. The Morgan fingerprint density at radius 3 is 2.40 bits per heavy atom. The Hall–Kier alpha value is -2.21. The Balaban J connectivity index is 3.48. The summed E-state index contributed by atoms with van der Waals surface area (Å²) < 4.78 is 30.5. The maximum Gasteiger partial charge on any atom is 0.328 e. The Bertz CT molecular complexity index is 1080. The highest BCUT2D eigenvalue weighted by molar-refractivity contribution is 5.27. The van der Waals surface area contributed by atoms with E-state index in [1.807, 2.05) is 35.3 Å². The van der Waals surface area contributed by atoms with Crippen LogP contribution in [0.2, 0.25) is 0 Å². The van der Waals surface area contributed by atoms with E-state index >= 15 is 0 Å². The number of hydrogen-bond donors (Lipinski definition) is 0. The standard InChI is InChI=1S/C36H61F2N3O/c1-10-14-20-31(23-17-19-29(5)38)24-25-41-34(33(28-39(7)8)40(9)35(41)42)36(6,13-4)26-32(18-11-2)22-16-15-21-30(12-3)27-37/h11,17-18,20-21,23,29,32H,10,12-16,19,22,24-28H2,1-9H3/b18-11?,23-17?,30-21+,31-20+. The molecule has 3 atom stereocenters. The molecule has 6 heteroatoms. The fraction of sp³-hybridized carbons (Fsp3) is 0.694. The van der Waals surface area contributed by atoms with Crippen LogP contribution in [0.1, 0.15) is 117 Å². The molecule has 240 valence electrons. The summed E-state index contributed by atoms with van der Waals surface area (Å²) in [5, 5.41) is 0. The van der Waals surface area contributed by atoms with Gasteiger partial charge in [-0.25, -0.2) is 13.6 Å². The van der Waals surface area contributed by atoms with Crippen molar-refractivity contribution in [3.63, 3.8) is 0 Å². The smallest absolute Gasteiger partial charge is 0.304 e. The lowest BCUT2D eigenvalue weighted by atomic mass is 9.74. The number of hydrogen-bond acceptors (Lipinski definition) is 2. The number of allylic oxidation sites excluding steroid dienone is 8. The summed E-state index contributed by atoms with van der Waals surface area (Å²) >= 11 is 0. The van der Waals surface area contributed by atoms with E-state index in [1.165, 1.54) is 0 Å². The Kier molecular flexibility index (Phi) is 17.9. The molecular weight excluding hydrogens is 528 g/mol. The van der Waals surface area contributed by atoms with Gasteiger partial charge in [0.2, 0.25) is 0 Å². The molecule has 0 amide bonds. The first-order valence-electron chi connectivity index (χ1n) is 16.3. The number of unbranched alkanes of at least 4 members (excludes halogenated alkanes) is 2. The number of imidazole rings is 1. The van der Waals surface area contributed by atoms with Gasteiger partial charge in [-0.1, -0.05) is 76.1 Å². The molecule has 0 aliphatic heterocycles. The number of aromatic nitrogens is 2. The summed E-state index contributed by atoms with van der Waals surface area (Å²) in [5.74, 6) is 0.366. The number of halogens is 2. The molecule has 0 N–H and O–H groups in total. The molecule has 0 aliphatic rings. The molecule has 42 heavy (non-hydrogen) atoms. The molecule has 0 saturated carbocycles. The third-order valence-corrected chi connectivity index (χ3v) is 8.41.